The van der Waals surface area contributed by atoms with Crippen LogP contribution in [0, 0.1) is 0 Å². The molecule has 0 radical (unpaired) electrons. The van der Waals surface area contributed by atoms with Crippen LogP contribution in [0.15, 0.2) is 54.6 Å². The quantitative estimate of drug-likeness (QED) is 0.752. The summed E-state index contributed by atoms with van der Waals surface area (Å²) in [4.78, 5) is 25.5. The highest BCUT2D eigenvalue weighted by atomic mass is 16.5. The van der Waals surface area contributed by atoms with Crippen molar-refractivity contribution in [1.82, 2.24) is 10.2 Å². The number of benzene rings is 2. The Balaban J connectivity index is 1.75. The van der Waals surface area contributed by atoms with Crippen LogP contribution in [-0.2, 0) is 22.4 Å². The SMILES string of the molecule is COc1ccc(CCNC(=O)CN(CCc2ccccc2)C(C)=O)cc1. The zero-order valence-electron chi connectivity index (χ0n) is 15.4. The Morgan fingerprint density at radius 1 is 0.962 bits per heavy atom. The molecule has 0 aromatic heterocycles. The monoisotopic (exact) mass is 354 g/mol. The number of hydrogen-bond donors (Lipinski definition) is 1. The van der Waals surface area contributed by atoms with Gasteiger partial charge in [0.25, 0.3) is 0 Å². The number of methoxy groups -OCH3 is 1. The summed E-state index contributed by atoms with van der Waals surface area (Å²) in [6.07, 6.45) is 1.47. The number of amides is 2. The number of carbonyl (C=O) groups is 2. The van der Waals surface area contributed by atoms with Gasteiger partial charge in [-0.2, -0.15) is 0 Å². The van der Waals surface area contributed by atoms with Crippen LogP contribution in [0.25, 0.3) is 0 Å². The summed E-state index contributed by atoms with van der Waals surface area (Å²) < 4.78 is 5.13. The third kappa shape index (κ3) is 6.59. The van der Waals surface area contributed by atoms with Crippen molar-refractivity contribution in [3.05, 3.63) is 65.7 Å². The summed E-state index contributed by atoms with van der Waals surface area (Å²) in [6, 6.07) is 17.7. The van der Waals surface area contributed by atoms with E-state index in [0.717, 1.165) is 29.7 Å². The largest absolute Gasteiger partial charge is 0.497 e. The first-order chi connectivity index (χ1) is 12.6. The highest BCUT2D eigenvalue weighted by molar-refractivity contribution is 5.83. The molecule has 0 saturated carbocycles. The summed E-state index contributed by atoms with van der Waals surface area (Å²) in [7, 11) is 1.63. The molecule has 0 bridgehead atoms. The third-order valence-electron chi connectivity index (χ3n) is 4.19. The van der Waals surface area contributed by atoms with E-state index in [-0.39, 0.29) is 18.4 Å². The first-order valence-electron chi connectivity index (χ1n) is 8.77. The fourth-order valence-electron chi connectivity index (χ4n) is 2.62. The van der Waals surface area contributed by atoms with Gasteiger partial charge in [-0.1, -0.05) is 42.5 Å². The van der Waals surface area contributed by atoms with Crippen LogP contribution in [0.1, 0.15) is 18.1 Å². The lowest BCUT2D eigenvalue weighted by Gasteiger charge is -2.20. The van der Waals surface area contributed by atoms with Gasteiger partial charge in [0.2, 0.25) is 11.8 Å². The van der Waals surface area contributed by atoms with Crippen LogP contribution in [0.5, 0.6) is 5.75 Å². The normalized spacial score (nSPS) is 10.2. The zero-order chi connectivity index (χ0) is 18.8. The van der Waals surface area contributed by atoms with E-state index in [1.54, 1.807) is 12.0 Å². The molecule has 0 aliphatic rings. The van der Waals surface area contributed by atoms with Crippen LogP contribution in [-0.4, -0.2) is 43.5 Å². The lowest BCUT2D eigenvalue weighted by molar-refractivity contribution is -0.134. The first-order valence-corrected chi connectivity index (χ1v) is 8.77. The number of ether oxygens (including phenoxy) is 1. The maximum atomic E-state index is 12.1. The van der Waals surface area contributed by atoms with Crippen molar-refractivity contribution in [2.24, 2.45) is 0 Å². The number of hydrogen-bond acceptors (Lipinski definition) is 3. The lowest BCUT2D eigenvalue weighted by atomic mass is 10.1. The molecule has 2 amide bonds. The van der Waals surface area contributed by atoms with E-state index in [9.17, 15) is 9.59 Å². The molecule has 0 fully saturated rings. The summed E-state index contributed by atoms with van der Waals surface area (Å²) in [6.45, 7) is 2.65. The second-order valence-electron chi connectivity index (χ2n) is 6.12. The van der Waals surface area contributed by atoms with Crippen LogP contribution < -0.4 is 10.1 Å². The van der Waals surface area contributed by atoms with E-state index in [0.29, 0.717) is 13.1 Å². The number of rotatable bonds is 9. The molecule has 2 aromatic carbocycles. The molecule has 0 spiro atoms. The summed E-state index contributed by atoms with van der Waals surface area (Å²) in [5.41, 5.74) is 2.28. The van der Waals surface area contributed by atoms with E-state index in [2.05, 4.69) is 5.32 Å². The minimum atomic E-state index is -0.137. The lowest BCUT2D eigenvalue weighted by Crippen LogP contribution is -2.41. The molecule has 0 saturated heterocycles. The van der Waals surface area contributed by atoms with Crippen LogP contribution in [0.3, 0.4) is 0 Å². The minimum absolute atomic E-state index is 0.0881. The Morgan fingerprint density at radius 3 is 2.23 bits per heavy atom. The van der Waals surface area contributed by atoms with Gasteiger partial charge in [0.1, 0.15) is 5.75 Å². The van der Waals surface area contributed by atoms with Gasteiger partial charge in [0.15, 0.2) is 0 Å². The van der Waals surface area contributed by atoms with Crippen molar-refractivity contribution in [1.29, 1.82) is 0 Å². The van der Waals surface area contributed by atoms with Crippen molar-refractivity contribution in [3.63, 3.8) is 0 Å². The fraction of sp³-hybridized carbons (Fsp3) is 0.333. The van der Waals surface area contributed by atoms with E-state index in [1.807, 2.05) is 54.6 Å². The van der Waals surface area contributed by atoms with Crippen molar-refractivity contribution in [2.75, 3.05) is 26.7 Å². The molecule has 138 valence electrons. The van der Waals surface area contributed by atoms with Crippen molar-refractivity contribution < 1.29 is 14.3 Å². The third-order valence-corrected chi connectivity index (χ3v) is 4.19. The van der Waals surface area contributed by atoms with E-state index < -0.39 is 0 Å². The molecule has 0 unspecified atom stereocenters. The second kappa shape index (κ2) is 10.2. The maximum Gasteiger partial charge on any atom is 0.239 e. The van der Waals surface area contributed by atoms with Crippen LogP contribution >= 0.6 is 0 Å². The Bertz CT molecular complexity index is 699. The first kappa shape index (κ1) is 19.5. The van der Waals surface area contributed by atoms with Crippen molar-refractivity contribution >= 4 is 11.8 Å². The Kier molecular flexibility index (Phi) is 7.68. The van der Waals surface area contributed by atoms with Gasteiger partial charge < -0.3 is 15.0 Å². The van der Waals surface area contributed by atoms with Gasteiger partial charge in [0.05, 0.1) is 13.7 Å². The highest BCUT2D eigenvalue weighted by Crippen LogP contribution is 2.11. The van der Waals surface area contributed by atoms with Crippen molar-refractivity contribution in [3.8, 4) is 5.75 Å². The van der Waals surface area contributed by atoms with E-state index in [1.165, 1.54) is 6.92 Å². The van der Waals surface area contributed by atoms with Crippen molar-refractivity contribution in [2.45, 2.75) is 19.8 Å². The molecular formula is C21H26N2O3. The Hall–Kier alpha value is -2.82. The average molecular weight is 354 g/mol. The Labute approximate surface area is 155 Å². The van der Waals surface area contributed by atoms with Gasteiger partial charge in [-0.25, -0.2) is 0 Å². The maximum absolute atomic E-state index is 12.1. The van der Waals surface area contributed by atoms with Crippen LogP contribution in [0.4, 0.5) is 0 Å². The van der Waals surface area contributed by atoms with Gasteiger partial charge in [0, 0.05) is 20.0 Å². The van der Waals surface area contributed by atoms with Gasteiger partial charge in [-0.05, 0) is 36.1 Å². The Morgan fingerprint density at radius 2 is 1.62 bits per heavy atom. The minimum Gasteiger partial charge on any atom is -0.497 e. The van der Waals surface area contributed by atoms with Gasteiger partial charge in [-0.3, -0.25) is 9.59 Å². The molecule has 1 N–H and O–H groups in total. The highest BCUT2D eigenvalue weighted by Gasteiger charge is 2.13. The zero-order valence-corrected chi connectivity index (χ0v) is 15.4. The molecule has 0 aliphatic heterocycles. The number of nitrogens with one attached hydrogen (secondary N) is 1. The molecule has 2 aromatic rings. The standard InChI is InChI=1S/C21H26N2O3/c1-17(24)23(15-13-18-6-4-3-5-7-18)16-21(25)22-14-12-19-8-10-20(26-2)11-9-19/h3-11H,12-16H2,1-2H3,(H,22,25). The predicted molar refractivity (Wildman–Crippen MR) is 102 cm³/mol. The fourth-order valence-corrected chi connectivity index (χ4v) is 2.62. The van der Waals surface area contributed by atoms with Crippen LogP contribution in [0.2, 0.25) is 0 Å². The molecule has 5 heteroatoms. The molecule has 26 heavy (non-hydrogen) atoms. The van der Waals surface area contributed by atoms with Gasteiger partial charge in [-0.15, -0.1) is 0 Å². The molecule has 0 heterocycles. The predicted octanol–water partition coefficient (Wildman–Crippen LogP) is 2.45. The summed E-state index contributed by atoms with van der Waals surface area (Å²) >= 11 is 0. The second-order valence-corrected chi connectivity index (χ2v) is 6.12. The summed E-state index contributed by atoms with van der Waals surface area (Å²) in [5, 5.41) is 2.88. The smallest absolute Gasteiger partial charge is 0.239 e. The van der Waals surface area contributed by atoms with E-state index >= 15 is 0 Å². The number of nitrogens with zero attached hydrogens (tertiary/aromatic N) is 1. The molecule has 2 rings (SSSR count). The molecule has 0 atom stereocenters. The molecule has 5 nitrogen and oxygen atoms in total. The number of carbonyl (C=O) groups excluding carboxylic acids is 2. The topological polar surface area (TPSA) is 58.6 Å². The average Bonchev–Trinajstić information content (AvgIpc) is 2.66. The van der Waals surface area contributed by atoms with Gasteiger partial charge >= 0.3 is 0 Å². The molecule has 0 aliphatic carbocycles. The summed E-state index contributed by atoms with van der Waals surface area (Å²) in [5.74, 6) is 0.585. The van der Waals surface area contributed by atoms with E-state index in [4.69, 9.17) is 4.74 Å². The molecular weight excluding hydrogens is 328 g/mol.